The molecule has 3 saturated heterocycles. The first-order chi connectivity index (χ1) is 14.8. The summed E-state index contributed by atoms with van der Waals surface area (Å²) in [7, 11) is -7.70. The summed E-state index contributed by atoms with van der Waals surface area (Å²) < 4.78 is 78.7. The van der Waals surface area contributed by atoms with E-state index in [2.05, 4.69) is 0 Å². The lowest BCUT2D eigenvalue weighted by atomic mass is 10.1. The predicted octanol–water partition coefficient (Wildman–Crippen LogP) is 3.85. The van der Waals surface area contributed by atoms with Crippen LogP contribution >= 0.6 is 15.2 Å². The monoisotopic (exact) mass is 502 g/mol. The molecule has 0 aliphatic carbocycles. The van der Waals surface area contributed by atoms with Crippen LogP contribution in [0, 0.1) is 0 Å². The van der Waals surface area contributed by atoms with E-state index in [-0.39, 0.29) is 26.4 Å². The molecule has 13 heteroatoms. The molecule has 188 valence electrons. The van der Waals surface area contributed by atoms with Crippen LogP contribution in [0.4, 0.5) is 0 Å². The zero-order chi connectivity index (χ0) is 23.8. The van der Waals surface area contributed by atoms with Gasteiger partial charge in [0, 0.05) is 0 Å². The minimum absolute atomic E-state index is 0.0702. The molecule has 0 spiro atoms. The third-order valence-electron chi connectivity index (χ3n) is 5.03. The van der Waals surface area contributed by atoms with Gasteiger partial charge in [0.1, 0.15) is 24.4 Å². The lowest BCUT2D eigenvalue weighted by Crippen LogP contribution is -2.44. The second-order valence-electron chi connectivity index (χ2n) is 8.62. The highest BCUT2D eigenvalue weighted by Gasteiger charge is 2.61. The molecular weight excluding hydrogens is 466 g/mol. The van der Waals surface area contributed by atoms with Crippen molar-refractivity contribution in [3.05, 3.63) is 0 Å². The Morgan fingerprint density at radius 3 is 1.94 bits per heavy atom. The van der Waals surface area contributed by atoms with Crippen molar-refractivity contribution in [3.8, 4) is 0 Å². The number of ether oxygens (including phenoxy) is 5. The maximum Gasteiger partial charge on any atom is 0.343 e. The number of fused-ring (bicyclic) bond motifs is 1. The van der Waals surface area contributed by atoms with Crippen molar-refractivity contribution in [2.45, 2.75) is 90.7 Å². The van der Waals surface area contributed by atoms with Crippen molar-refractivity contribution in [1.29, 1.82) is 0 Å². The van der Waals surface area contributed by atoms with E-state index >= 15 is 0 Å². The fraction of sp³-hybridized carbons (Fsp3) is 1.00. The van der Waals surface area contributed by atoms with Gasteiger partial charge in [0.2, 0.25) is 0 Å². The van der Waals surface area contributed by atoms with Crippen LogP contribution in [0.25, 0.3) is 0 Å². The molecule has 0 aromatic rings. The molecule has 6 atom stereocenters. The zero-order valence-electron chi connectivity index (χ0n) is 19.8. The van der Waals surface area contributed by atoms with Crippen molar-refractivity contribution in [2.24, 2.45) is 0 Å². The molecule has 0 aromatic carbocycles. The summed E-state index contributed by atoms with van der Waals surface area (Å²) in [5, 5.41) is 0. The molecule has 11 nitrogen and oxygen atoms in total. The number of hydrogen-bond acceptors (Lipinski definition) is 11. The van der Waals surface area contributed by atoms with Crippen LogP contribution in [0.3, 0.4) is 0 Å². The molecule has 0 saturated carbocycles. The molecule has 3 aliphatic heterocycles. The standard InChI is InChI=1S/C19H36O11P2/c1-8-23-31(20,24-9-2)12-32(21,25-10-3)30-15-14(13-11-22-18(4,5)27-13)26-17-16(15)28-19(6,7)29-17/h13-17H,8-12H2,1-7H3/t13-,14-,15-,16-,17-,32?/m1/s1. The Bertz CT molecular complexity index is 733. The quantitative estimate of drug-likeness (QED) is 0.384. The Morgan fingerprint density at radius 1 is 0.812 bits per heavy atom. The molecule has 0 bridgehead atoms. The van der Waals surface area contributed by atoms with Crippen LogP contribution in [0.1, 0.15) is 48.5 Å². The van der Waals surface area contributed by atoms with E-state index in [4.69, 9.17) is 41.8 Å². The largest absolute Gasteiger partial charge is 0.348 e. The fourth-order valence-electron chi connectivity index (χ4n) is 4.01. The minimum atomic E-state index is -3.98. The fourth-order valence-corrected chi connectivity index (χ4v) is 8.88. The predicted molar refractivity (Wildman–Crippen MR) is 113 cm³/mol. The summed E-state index contributed by atoms with van der Waals surface area (Å²) in [5.74, 6) is -2.26. The van der Waals surface area contributed by atoms with Gasteiger partial charge in [-0.2, -0.15) is 0 Å². The van der Waals surface area contributed by atoms with Crippen LogP contribution in [0.15, 0.2) is 0 Å². The van der Waals surface area contributed by atoms with Gasteiger partial charge in [0.25, 0.3) is 0 Å². The lowest BCUT2D eigenvalue weighted by Gasteiger charge is -2.31. The van der Waals surface area contributed by atoms with E-state index in [1.165, 1.54) is 0 Å². The van der Waals surface area contributed by atoms with Gasteiger partial charge in [-0.05, 0) is 48.5 Å². The highest BCUT2D eigenvalue weighted by atomic mass is 31.2. The van der Waals surface area contributed by atoms with E-state index in [0.717, 1.165) is 0 Å². The molecular formula is C19H36O11P2. The number of hydrogen-bond donors (Lipinski definition) is 0. The normalized spacial score (nSPS) is 35.7. The summed E-state index contributed by atoms with van der Waals surface area (Å²) in [5.41, 5.74) is 0. The first-order valence-electron chi connectivity index (χ1n) is 11.0. The summed E-state index contributed by atoms with van der Waals surface area (Å²) in [6.07, 6.45) is -3.58. The minimum Gasteiger partial charge on any atom is -0.348 e. The molecule has 3 heterocycles. The van der Waals surface area contributed by atoms with Crippen LogP contribution in [0.2, 0.25) is 0 Å². The Labute approximate surface area is 189 Å². The summed E-state index contributed by atoms with van der Waals surface area (Å²) in [4.78, 5) is 0. The second-order valence-corrected chi connectivity index (χ2v) is 13.2. The second kappa shape index (κ2) is 9.99. The molecule has 0 radical (unpaired) electrons. The molecule has 0 N–H and O–H groups in total. The van der Waals surface area contributed by atoms with Gasteiger partial charge in [0.05, 0.1) is 26.4 Å². The Kier molecular flexibility index (Phi) is 8.34. The zero-order valence-corrected chi connectivity index (χ0v) is 21.6. The highest BCUT2D eigenvalue weighted by Crippen LogP contribution is 2.65. The average Bonchev–Trinajstić information content (AvgIpc) is 3.25. The van der Waals surface area contributed by atoms with Crippen LogP contribution in [-0.2, 0) is 50.9 Å². The van der Waals surface area contributed by atoms with Gasteiger partial charge in [-0.3, -0.25) is 13.7 Å². The first-order valence-corrected chi connectivity index (χ1v) is 14.4. The molecule has 3 aliphatic rings. The Morgan fingerprint density at radius 2 is 1.41 bits per heavy atom. The molecule has 1 unspecified atom stereocenters. The molecule has 0 amide bonds. The molecule has 0 aromatic heterocycles. The van der Waals surface area contributed by atoms with Gasteiger partial charge < -0.3 is 37.3 Å². The summed E-state index contributed by atoms with van der Waals surface area (Å²) in [6, 6.07) is 0. The van der Waals surface area contributed by atoms with Crippen molar-refractivity contribution < 1.29 is 50.9 Å². The smallest absolute Gasteiger partial charge is 0.343 e. The van der Waals surface area contributed by atoms with Crippen LogP contribution < -0.4 is 0 Å². The Hall–Kier alpha value is 0.100. The van der Waals surface area contributed by atoms with Gasteiger partial charge >= 0.3 is 15.2 Å². The third-order valence-corrected chi connectivity index (χ3v) is 10.3. The topological polar surface area (TPSA) is 117 Å². The van der Waals surface area contributed by atoms with E-state index in [1.54, 1.807) is 48.5 Å². The van der Waals surface area contributed by atoms with Crippen molar-refractivity contribution in [2.75, 3.05) is 32.3 Å². The van der Waals surface area contributed by atoms with Gasteiger partial charge in [-0.1, -0.05) is 0 Å². The average molecular weight is 502 g/mol. The first kappa shape index (κ1) is 26.7. The molecule has 3 fully saturated rings. The molecule has 32 heavy (non-hydrogen) atoms. The van der Waals surface area contributed by atoms with Gasteiger partial charge in [-0.25, -0.2) is 0 Å². The Balaban J connectivity index is 1.86. The lowest BCUT2D eigenvalue weighted by molar-refractivity contribution is -0.230. The van der Waals surface area contributed by atoms with Gasteiger partial charge in [0.15, 0.2) is 23.8 Å². The van der Waals surface area contributed by atoms with Crippen LogP contribution in [-0.4, -0.2) is 74.6 Å². The van der Waals surface area contributed by atoms with Crippen LogP contribution in [0.5, 0.6) is 0 Å². The maximum absolute atomic E-state index is 13.8. The maximum atomic E-state index is 13.8. The van der Waals surface area contributed by atoms with Gasteiger partial charge in [-0.15, -0.1) is 0 Å². The third kappa shape index (κ3) is 6.20. The summed E-state index contributed by atoms with van der Waals surface area (Å²) >= 11 is 0. The SMILES string of the molecule is CCOP(=O)(CP(=O)(OCC)O[C@H]1[C@H]2OC(C)(C)O[C@H]2O[C@@H]1[C@H]1COC(C)(C)O1)OCC. The molecule has 3 rings (SSSR count). The van der Waals surface area contributed by atoms with E-state index < -0.39 is 63.4 Å². The van der Waals surface area contributed by atoms with E-state index in [1.807, 2.05) is 0 Å². The van der Waals surface area contributed by atoms with Crippen molar-refractivity contribution >= 4 is 15.2 Å². The summed E-state index contributed by atoms with van der Waals surface area (Å²) in [6.45, 7) is 12.7. The van der Waals surface area contributed by atoms with Crippen molar-refractivity contribution in [3.63, 3.8) is 0 Å². The number of rotatable bonds is 11. The van der Waals surface area contributed by atoms with E-state index in [9.17, 15) is 9.13 Å². The van der Waals surface area contributed by atoms with Crippen molar-refractivity contribution in [1.82, 2.24) is 0 Å². The van der Waals surface area contributed by atoms with E-state index in [0.29, 0.717) is 0 Å². The highest BCUT2D eigenvalue weighted by molar-refractivity contribution is 7.71.